The first-order chi connectivity index (χ1) is 13.2. The average molecular weight is 364 g/mol. The lowest BCUT2D eigenvalue weighted by atomic mass is 9.96. The Bertz CT molecular complexity index is 905. The predicted molar refractivity (Wildman–Crippen MR) is 102 cm³/mol. The Morgan fingerprint density at radius 2 is 1.96 bits per heavy atom. The summed E-state index contributed by atoms with van der Waals surface area (Å²) >= 11 is 0. The van der Waals surface area contributed by atoms with E-state index in [0.717, 1.165) is 16.9 Å². The quantitative estimate of drug-likeness (QED) is 0.829. The van der Waals surface area contributed by atoms with Crippen LogP contribution in [0.4, 0.5) is 5.69 Å². The minimum Gasteiger partial charge on any atom is -0.497 e. The molecule has 6 nitrogen and oxygen atoms in total. The van der Waals surface area contributed by atoms with Crippen molar-refractivity contribution in [2.75, 3.05) is 25.6 Å². The summed E-state index contributed by atoms with van der Waals surface area (Å²) in [4.78, 5) is 26.7. The Hall–Kier alpha value is -3.28. The van der Waals surface area contributed by atoms with Crippen molar-refractivity contribution in [1.82, 2.24) is 4.90 Å². The van der Waals surface area contributed by atoms with Gasteiger partial charge in [-0.15, -0.1) is 0 Å². The second kappa shape index (κ2) is 7.15. The molecule has 1 atom stereocenters. The van der Waals surface area contributed by atoms with Gasteiger partial charge in [-0.2, -0.15) is 0 Å². The minimum absolute atomic E-state index is 0.0235. The first kappa shape index (κ1) is 17.1. The summed E-state index contributed by atoms with van der Waals surface area (Å²) in [5.41, 5.74) is 2.33. The molecule has 0 saturated carbocycles. The highest BCUT2D eigenvalue weighted by atomic mass is 16.5. The zero-order chi connectivity index (χ0) is 18.8. The van der Waals surface area contributed by atoms with E-state index in [-0.39, 0.29) is 18.4 Å². The number of anilines is 1. The predicted octanol–water partition coefficient (Wildman–Crippen LogP) is 2.71. The number of para-hydroxylation sites is 1. The van der Waals surface area contributed by atoms with E-state index in [9.17, 15) is 9.59 Å². The van der Waals surface area contributed by atoms with E-state index in [1.54, 1.807) is 36.3 Å². The Balaban J connectivity index is 1.60. The number of β-lactam (4-membered cyclic amide) rings is 1. The van der Waals surface area contributed by atoms with Crippen molar-refractivity contribution in [3.63, 3.8) is 0 Å². The van der Waals surface area contributed by atoms with E-state index in [1.165, 1.54) is 0 Å². The van der Waals surface area contributed by atoms with Gasteiger partial charge in [-0.1, -0.05) is 18.2 Å². The number of carbonyl (C=O) groups is 2. The van der Waals surface area contributed by atoms with Gasteiger partial charge in [-0.3, -0.25) is 9.59 Å². The maximum atomic E-state index is 13.0. The van der Waals surface area contributed by atoms with Crippen LogP contribution in [-0.2, 0) is 9.59 Å². The molecular formula is C21H20N2O4. The van der Waals surface area contributed by atoms with Crippen LogP contribution < -0.4 is 14.8 Å². The van der Waals surface area contributed by atoms with E-state index in [4.69, 9.17) is 9.47 Å². The summed E-state index contributed by atoms with van der Waals surface area (Å²) in [6.07, 6.45) is 2.42. The lowest BCUT2D eigenvalue weighted by Crippen LogP contribution is -2.56. The molecule has 2 aromatic carbocycles. The third kappa shape index (κ3) is 3.38. The van der Waals surface area contributed by atoms with Crippen molar-refractivity contribution in [2.45, 2.75) is 12.5 Å². The second-order valence-corrected chi connectivity index (χ2v) is 6.50. The molecule has 0 aromatic heterocycles. The van der Waals surface area contributed by atoms with Crippen LogP contribution in [-0.4, -0.2) is 43.0 Å². The number of fused-ring (bicyclic) bond motifs is 1. The molecule has 0 unspecified atom stereocenters. The summed E-state index contributed by atoms with van der Waals surface area (Å²) in [6.45, 7) is 0.847. The molecule has 138 valence electrons. The number of hydrogen-bond acceptors (Lipinski definition) is 4. The van der Waals surface area contributed by atoms with E-state index >= 15 is 0 Å². The molecule has 2 heterocycles. The molecule has 2 aliphatic heterocycles. The van der Waals surface area contributed by atoms with Crippen LogP contribution >= 0.6 is 0 Å². The van der Waals surface area contributed by atoms with E-state index < -0.39 is 6.04 Å². The van der Waals surface area contributed by atoms with Crippen LogP contribution in [0.3, 0.4) is 0 Å². The van der Waals surface area contributed by atoms with E-state index in [1.807, 2.05) is 30.3 Å². The fourth-order valence-corrected chi connectivity index (χ4v) is 3.29. The highest BCUT2D eigenvalue weighted by Crippen LogP contribution is 2.30. The van der Waals surface area contributed by atoms with Crippen LogP contribution in [0.5, 0.6) is 11.5 Å². The second-order valence-electron chi connectivity index (χ2n) is 6.50. The third-order valence-electron chi connectivity index (χ3n) is 4.81. The Morgan fingerprint density at radius 3 is 2.63 bits per heavy atom. The number of nitrogens with one attached hydrogen (secondary N) is 1. The number of benzene rings is 2. The minimum atomic E-state index is -0.679. The fourth-order valence-electron chi connectivity index (χ4n) is 3.29. The van der Waals surface area contributed by atoms with Crippen molar-refractivity contribution in [1.29, 1.82) is 0 Å². The number of amides is 2. The van der Waals surface area contributed by atoms with Crippen LogP contribution in [0.1, 0.15) is 12.0 Å². The number of likely N-dealkylation sites (tertiary alicyclic amines) is 1. The van der Waals surface area contributed by atoms with Gasteiger partial charge in [0.15, 0.2) is 0 Å². The van der Waals surface area contributed by atoms with Crippen molar-refractivity contribution >= 4 is 23.6 Å². The van der Waals surface area contributed by atoms with Crippen molar-refractivity contribution < 1.29 is 19.1 Å². The Kier molecular flexibility index (Phi) is 4.54. The zero-order valence-corrected chi connectivity index (χ0v) is 15.0. The molecule has 0 spiro atoms. The third-order valence-corrected chi connectivity index (χ3v) is 4.81. The number of hydrogen-bond donors (Lipinski definition) is 1. The topological polar surface area (TPSA) is 67.9 Å². The van der Waals surface area contributed by atoms with Crippen molar-refractivity contribution in [3.05, 3.63) is 59.7 Å². The Labute approximate surface area is 157 Å². The lowest BCUT2D eigenvalue weighted by molar-refractivity contribution is -0.145. The van der Waals surface area contributed by atoms with Gasteiger partial charge in [0.1, 0.15) is 24.1 Å². The molecule has 2 amide bonds. The van der Waals surface area contributed by atoms with Crippen LogP contribution in [0.2, 0.25) is 0 Å². The summed E-state index contributed by atoms with van der Waals surface area (Å²) in [7, 11) is 1.59. The average Bonchev–Trinajstić information content (AvgIpc) is 2.70. The molecule has 0 radical (unpaired) electrons. The summed E-state index contributed by atoms with van der Waals surface area (Å²) in [5.74, 6) is 1.22. The van der Waals surface area contributed by atoms with Gasteiger partial charge < -0.3 is 19.7 Å². The molecule has 2 aromatic rings. The molecule has 2 aliphatic rings. The maximum absolute atomic E-state index is 13.0. The van der Waals surface area contributed by atoms with Crippen LogP contribution in [0.15, 0.2) is 54.1 Å². The molecular weight excluding hydrogens is 344 g/mol. The van der Waals surface area contributed by atoms with E-state index in [2.05, 4.69) is 5.32 Å². The van der Waals surface area contributed by atoms with Gasteiger partial charge in [-0.05, 0) is 42.0 Å². The number of methoxy groups -OCH3 is 1. The zero-order valence-electron chi connectivity index (χ0n) is 15.0. The molecule has 0 aliphatic carbocycles. The maximum Gasteiger partial charge on any atom is 0.251 e. The number of ether oxygens (including phenoxy) is 2. The lowest BCUT2D eigenvalue weighted by Gasteiger charge is -2.39. The summed E-state index contributed by atoms with van der Waals surface area (Å²) < 4.78 is 10.9. The number of nitrogens with zero attached hydrogens (tertiary/aromatic N) is 1. The molecule has 1 saturated heterocycles. The van der Waals surface area contributed by atoms with Crippen molar-refractivity contribution in [3.8, 4) is 11.5 Å². The Morgan fingerprint density at radius 1 is 1.19 bits per heavy atom. The molecule has 4 rings (SSSR count). The first-order valence-corrected chi connectivity index (χ1v) is 8.82. The van der Waals surface area contributed by atoms with Gasteiger partial charge in [0.05, 0.1) is 7.11 Å². The van der Waals surface area contributed by atoms with Gasteiger partial charge in [-0.25, -0.2) is 0 Å². The van der Waals surface area contributed by atoms with Gasteiger partial charge in [0, 0.05) is 24.2 Å². The van der Waals surface area contributed by atoms with Gasteiger partial charge in [0.2, 0.25) is 5.91 Å². The molecule has 0 bridgehead atoms. The van der Waals surface area contributed by atoms with E-state index in [0.29, 0.717) is 24.4 Å². The standard InChI is InChI=1S/C21H20N2O4/c1-26-17-8-6-16(7-9-17)22-21(25)20(23-11-10-19(23)24)15-12-14-4-2-3-5-18(14)27-13-15/h2-9,12,20H,10-11,13H2,1H3,(H,22,25)/t20-/m0/s1. The molecule has 6 heteroatoms. The smallest absolute Gasteiger partial charge is 0.251 e. The monoisotopic (exact) mass is 364 g/mol. The summed E-state index contributed by atoms with van der Waals surface area (Å²) in [6, 6.07) is 14.1. The largest absolute Gasteiger partial charge is 0.497 e. The number of carbonyl (C=O) groups excluding carboxylic acids is 2. The normalized spacial score (nSPS) is 16.4. The van der Waals surface area contributed by atoms with Gasteiger partial charge in [0.25, 0.3) is 5.91 Å². The van der Waals surface area contributed by atoms with Crippen molar-refractivity contribution in [2.24, 2.45) is 0 Å². The first-order valence-electron chi connectivity index (χ1n) is 8.82. The molecule has 1 N–H and O–H groups in total. The van der Waals surface area contributed by atoms with Gasteiger partial charge >= 0.3 is 0 Å². The molecule has 1 fully saturated rings. The number of rotatable bonds is 5. The highest BCUT2D eigenvalue weighted by molar-refractivity contribution is 6.01. The molecule has 27 heavy (non-hydrogen) atoms. The van der Waals surface area contributed by atoms with Crippen LogP contribution in [0, 0.1) is 0 Å². The summed E-state index contributed by atoms with van der Waals surface area (Å²) in [5, 5.41) is 2.90. The van der Waals surface area contributed by atoms with Crippen LogP contribution in [0.25, 0.3) is 6.08 Å². The SMILES string of the molecule is COc1ccc(NC(=O)[C@H](C2=Cc3ccccc3OC2)N2CCC2=O)cc1. The highest BCUT2D eigenvalue weighted by Gasteiger charge is 2.38. The fraction of sp³-hybridized carbons (Fsp3) is 0.238.